The van der Waals surface area contributed by atoms with Gasteiger partial charge in [0.05, 0.1) is 10.6 Å². The molecule has 0 radical (unpaired) electrons. The summed E-state index contributed by atoms with van der Waals surface area (Å²) in [7, 11) is 1.77. The predicted octanol–water partition coefficient (Wildman–Crippen LogP) is 6.14. The number of nitrogens with zero attached hydrogens (tertiary/aromatic N) is 2. The van der Waals surface area contributed by atoms with E-state index in [0.29, 0.717) is 10.1 Å². The van der Waals surface area contributed by atoms with Crippen molar-refractivity contribution in [3.8, 4) is 11.1 Å². The molecule has 0 spiro atoms. The second-order valence-corrected chi connectivity index (χ2v) is 7.70. The zero-order valence-corrected chi connectivity index (χ0v) is 16.6. The summed E-state index contributed by atoms with van der Waals surface area (Å²) in [5.41, 5.74) is 5.38. The van der Waals surface area contributed by atoms with E-state index < -0.39 is 0 Å². The molecule has 140 valence electrons. The van der Waals surface area contributed by atoms with Gasteiger partial charge in [0.25, 0.3) is 5.91 Å². The van der Waals surface area contributed by atoms with Gasteiger partial charge in [-0.3, -0.25) is 9.69 Å². The van der Waals surface area contributed by atoms with Crippen molar-refractivity contribution in [2.75, 3.05) is 7.05 Å². The van der Waals surface area contributed by atoms with E-state index in [2.05, 4.69) is 29.3 Å². The summed E-state index contributed by atoms with van der Waals surface area (Å²) in [6.07, 6.45) is 1.93. The molecule has 0 N–H and O–H groups in total. The third-order valence-corrected chi connectivity index (χ3v) is 5.64. The van der Waals surface area contributed by atoms with Crippen LogP contribution in [0.15, 0.2) is 88.8 Å². The topological polar surface area (TPSA) is 32.7 Å². The maximum absolute atomic E-state index is 12.6. The largest absolute Gasteiger partial charge is 0.290 e. The van der Waals surface area contributed by atoms with Gasteiger partial charge in [-0.05, 0) is 53.6 Å². The Morgan fingerprint density at radius 3 is 2.21 bits per heavy atom. The molecule has 1 aliphatic rings. The standard InChI is InChI=1S/C24H20N2OS.H2/c1-17-8-14-21(15-9-17)25-24-26(2)23(27)22(28-24)16-18-10-12-20(13-11-18)19-6-4-3-5-7-19;/h3-16H,1-2H3;1H/b22-16-,25-24?;. The fourth-order valence-corrected chi connectivity index (χ4v) is 3.92. The van der Waals surface area contributed by atoms with Crippen molar-refractivity contribution in [1.82, 2.24) is 4.90 Å². The van der Waals surface area contributed by atoms with Gasteiger partial charge in [0.2, 0.25) is 0 Å². The Labute approximate surface area is 170 Å². The summed E-state index contributed by atoms with van der Waals surface area (Å²) in [5.74, 6) is -0.0250. The molecule has 0 bridgehead atoms. The number of amidine groups is 1. The lowest BCUT2D eigenvalue weighted by molar-refractivity contribution is -0.121. The summed E-state index contributed by atoms with van der Waals surface area (Å²) in [6.45, 7) is 2.04. The van der Waals surface area contributed by atoms with Gasteiger partial charge in [0.15, 0.2) is 5.17 Å². The van der Waals surface area contributed by atoms with Crippen molar-refractivity contribution in [3.63, 3.8) is 0 Å². The van der Waals surface area contributed by atoms with Crippen LogP contribution in [-0.4, -0.2) is 23.0 Å². The summed E-state index contributed by atoms with van der Waals surface area (Å²) < 4.78 is 0. The van der Waals surface area contributed by atoms with Crippen molar-refractivity contribution in [2.45, 2.75) is 6.92 Å². The van der Waals surface area contributed by atoms with Crippen molar-refractivity contribution in [2.24, 2.45) is 4.99 Å². The molecule has 1 saturated heterocycles. The minimum Gasteiger partial charge on any atom is -0.290 e. The SMILES string of the molecule is Cc1ccc(N=C2S/C(=C\c3ccc(-c4ccccc4)cc3)C(=O)N2C)cc1.[HH]. The van der Waals surface area contributed by atoms with Crippen molar-refractivity contribution in [3.05, 3.63) is 94.9 Å². The molecule has 1 aliphatic heterocycles. The summed E-state index contributed by atoms with van der Waals surface area (Å²) in [6, 6.07) is 26.5. The maximum Gasteiger partial charge on any atom is 0.266 e. The number of rotatable bonds is 3. The fraction of sp³-hybridized carbons (Fsp3) is 0.0833. The van der Waals surface area contributed by atoms with Crippen LogP contribution >= 0.6 is 11.8 Å². The first-order chi connectivity index (χ1) is 13.6. The van der Waals surface area contributed by atoms with Gasteiger partial charge < -0.3 is 0 Å². The van der Waals surface area contributed by atoms with Crippen molar-refractivity contribution in [1.29, 1.82) is 0 Å². The number of benzene rings is 3. The lowest BCUT2D eigenvalue weighted by Crippen LogP contribution is -2.23. The second-order valence-electron chi connectivity index (χ2n) is 6.69. The predicted molar refractivity (Wildman–Crippen MR) is 121 cm³/mol. The first-order valence-electron chi connectivity index (χ1n) is 9.08. The Hall–Kier alpha value is -3.11. The fourth-order valence-electron chi connectivity index (χ4n) is 2.94. The Balaban J connectivity index is 0.00000240. The summed E-state index contributed by atoms with van der Waals surface area (Å²) >= 11 is 1.41. The lowest BCUT2D eigenvalue weighted by Gasteiger charge is -2.07. The maximum atomic E-state index is 12.6. The number of carbonyl (C=O) groups excluding carboxylic acids is 1. The van der Waals surface area contributed by atoms with Crippen LogP contribution in [0.5, 0.6) is 0 Å². The second kappa shape index (κ2) is 7.87. The van der Waals surface area contributed by atoms with E-state index in [4.69, 9.17) is 0 Å². The number of aliphatic imine (C=N–C) groups is 1. The number of hydrogen-bond donors (Lipinski definition) is 0. The van der Waals surface area contributed by atoms with Crippen LogP contribution in [0.1, 0.15) is 12.6 Å². The zero-order valence-electron chi connectivity index (χ0n) is 15.8. The van der Waals surface area contributed by atoms with Crippen LogP contribution in [0.3, 0.4) is 0 Å². The lowest BCUT2D eigenvalue weighted by atomic mass is 10.0. The van der Waals surface area contributed by atoms with Gasteiger partial charge in [-0.2, -0.15) is 0 Å². The van der Waals surface area contributed by atoms with Crippen LogP contribution < -0.4 is 0 Å². The van der Waals surface area contributed by atoms with Gasteiger partial charge in [-0.15, -0.1) is 0 Å². The van der Waals surface area contributed by atoms with Crippen LogP contribution in [0.2, 0.25) is 0 Å². The highest BCUT2D eigenvalue weighted by Crippen LogP contribution is 2.33. The van der Waals surface area contributed by atoms with Crippen molar-refractivity contribution >= 4 is 34.6 Å². The zero-order chi connectivity index (χ0) is 19.5. The number of carbonyl (C=O) groups is 1. The molecule has 4 rings (SSSR count). The number of amides is 1. The van der Waals surface area contributed by atoms with E-state index >= 15 is 0 Å². The smallest absolute Gasteiger partial charge is 0.266 e. The Morgan fingerprint density at radius 2 is 1.54 bits per heavy atom. The molecule has 0 unspecified atom stereocenters. The molecule has 1 amide bonds. The monoisotopic (exact) mass is 386 g/mol. The molecule has 28 heavy (non-hydrogen) atoms. The third-order valence-electron chi connectivity index (χ3n) is 4.58. The van der Waals surface area contributed by atoms with Gasteiger partial charge in [-0.1, -0.05) is 72.3 Å². The highest BCUT2D eigenvalue weighted by atomic mass is 32.2. The van der Waals surface area contributed by atoms with Crippen LogP contribution in [-0.2, 0) is 4.79 Å². The highest BCUT2D eigenvalue weighted by molar-refractivity contribution is 8.18. The van der Waals surface area contributed by atoms with E-state index in [0.717, 1.165) is 16.8 Å². The van der Waals surface area contributed by atoms with Crippen LogP contribution in [0.25, 0.3) is 17.2 Å². The molecule has 3 aromatic rings. The van der Waals surface area contributed by atoms with Gasteiger partial charge in [0.1, 0.15) is 0 Å². The molecule has 0 aliphatic carbocycles. The molecule has 1 heterocycles. The average Bonchev–Trinajstić information content (AvgIpc) is 2.99. The summed E-state index contributed by atoms with van der Waals surface area (Å²) in [5, 5.41) is 0.695. The van der Waals surface area contributed by atoms with E-state index in [9.17, 15) is 4.79 Å². The molecule has 0 atom stereocenters. The van der Waals surface area contributed by atoms with Crippen LogP contribution in [0, 0.1) is 6.92 Å². The normalized spacial score (nSPS) is 16.9. The van der Waals surface area contributed by atoms with Gasteiger partial charge in [0, 0.05) is 8.47 Å². The Morgan fingerprint density at radius 1 is 0.893 bits per heavy atom. The highest BCUT2D eigenvalue weighted by Gasteiger charge is 2.30. The molecular formula is C24H22N2OS. The molecule has 0 saturated carbocycles. The third kappa shape index (κ3) is 3.92. The number of hydrogen-bond acceptors (Lipinski definition) is 3. The first-order valence-corrected chi connectivity index (χ1v) is 9.90. The van der Waals surface area contributed by atoms with Gasteiger partial charge in [-0.25, -0.2) is 4.99 Å². The van der Waals surface area contributed by atoms with E-state index in [1.54, 1.807) is 11.9 Å². The molecule has 3 nitrogen and oxygen atoms in total. The first kappa shape index (κ1) is 18.3. The minimum atomic E-state index is -0.0250. The Kier molecular flexibility index (Phi) is 5.13. The number of aryl methyl sites for hydroxylation is 1. The van der Waals surface area contributed by atoms with Gasteiger partial charge >= 0.3 is 0 Å². The van der Waals surface area contributed by atoms with Crippen molar-refractivity contribution < 1.29 is 6.22 Å². The molecule has 4 heteroatoms. The molecule has 0 aromatic heterocycles. The quantitative estimate of drug-likeness (QED) is 0.506. The van der Waals surface area contributed by atoms with E-state index in [-0.39, 0.29) is 7.33 Å². The number of thioether (sulfide) groups is 1. The number of likely N-dealkylation sites (N-methyl/N-ethyl adjacent to an activating group) is 1. The minimum absolute atomic E-state index is 0. The average molecular weight is 387 g/mol. The molecule has 3 aromatic carbocycles. The molecular weight excluding hydrogens is 364 g/mol. The summed E-state index contributed by atoms with van der Waals surface area (Å²) in [4.78, 5) is 19.5. The van der Waals surface area contributed by atoms with E-state index in [1.807, 2.05) is 67.6 Å². The Bertz CT molecular complexity index is 1060. The molecule has 1 fully saturated rings. The van der Waals surface area contributed by atoms with Crippen LogP contribution in [0.4, 0.5) is 5.69 Å². The van der Waals surface area contributed by atoms with E-state index in [1.165, 1.54) is 22.9 Å².